The lowest BCUT2D eigenvalue weighted by molar-refractivity contribution is -0.143. The highest BCUT2D eigenvalue weighted by molar-refractivity contribution is 5.90. The lowest BCUT2D eigenvalue weighted by Gasteiger charge is -2.40. The molecule has 190 valence electrons. The Hall–Kier alpha value is -2.93. The van der Waals surface area contributed by atoms with Gasteiger partial charge >= 0.3 is 11.9 Å². The number of aliphatic hydroxyl groups excluding tert-OH is 1. The third-order valence-electron chi connectivity index (χ3n) is 6.95. The highest BCUT2D eigenvalue weighted by atomic mass is 16.5. The Morgan fingerprint density at radius 2 is 2.09 bits per heavy atom. The van der Waals surface area contributed by atoms with Gasteiger partial charge in [0.1, 0.15) is 12.2 Å². The topological polar surface area (TPSA) is 90.7 Å². The van der Waals surface area contributed by atoms with Gasteiger partial charge in [-0.05, 0) is 56.4 Å². The van der Waals surface area contributed by atoms with Gasteiger partial charge in [-0.3, -0.25) is 0 Å². The van der Waals surface area contributed by atoms with E-state index in [0.29, 0.717) is 30.4 Å². The van der Waals surface area contributed by atoms with Crippen LogP contribution in [0.4, 0.5) is 0 Å². The number of ether oxygens (including phenoxy) is 2. The van der Waals surface area contributed by atoms with Crippen molar-refractivity contribution < 1.29 is 24.2 Å². The number of hydrogen-bond donors (Lipinski definition) is 1. The van der Waals surface area contributed by atoms with Gasteiger partial charge in [-0.25, -0.2) is 14.6 Å². The minimum atomic E-state index is -1.08. The molecule has 0 fully saturated rings. The van der Waals surface area contributed by atoms with Crippen LogP contribution in [0.2, 0.25) is 0 Å². The predicted molar refractivity (Wildman–Crippen MR) is 135 cm³/mol. The SMILES string of the molecule is CCOC(=O)/C1=C\C2C(CC(OC(=O)C=Cc3cn(C)cn3)C/C=C\C1O)C(C)=CCC2C(C)C. The molecule has 0 spiro atoms. The highest BCUT2D eigenvalue weighted by Gasteiger charge is 2.37. The van der Waals surface area contributed by atoms with E-state index in [4.69, 9.17) is 9.47 Å². The molecule has 1 aromatic rings. The summed E-state index contributed by atoms with van der Waals surface area (Å²) < 4.78 is 12.9. The summed E-state index contributed by atoms with van der Waals surface area (Å²) in [5.74, 6) is -0.138. The molecule has 2 aliphatic carbocycles. The fourth-order valence-electron chi connectivity index (χ4n) is 5.06. The van der Waals surface area contributed by atoms with E-state index >= 15 is 0 Å². The van der Waals surface area contributed by atoms with E-state index < -0.39 is 18.0 Å². The molecule has 7 heteroatoms. The van der Waals surface area contributed by atoms with E-state index in [1.807, 2.05) is 23.9 Å². The van der Waals surface area contributed by atoms with Gasteiger partial charge in [0.2, 0.25) is 0 Å². The van der Waals surface area contributed by atoms with E-state index in [1.54, 1.807) is 31.5 Å². The van der Waals surface area contributed by atoms with Crippen LogP contribution in [-0.2, 0) is 26.1 Å². The Kier molecular flexibility index (Phi) is 9.26. The third-order valence-corrected chi connectivity index (χ3v) is 6.95. The molecule has 0 aliphatic heterocycles. The molecule has 0 saturated carbocycles. The van der Waals surface area contributed by atoms with Crippen molar-refractivity contribution in [2.75, 3.05) is 6.61 Å². The van der Waals surface area contributed by atoms with Crippen molar-refractivity contribution in [2.24, 2.45) is 30.7 Å². The zero-order chi connectivity index (χ0) is 25.5. The molecule has 1 aromatic heterocycles. The van der Waals surface area contributed by atoms with Gasteiger partial charge in [0.25, 0.3) is 0 Å². The van der Waals surface area contributed by atoms with Gasteiger partial charge in [0.15, 0.2) is 0 Å². The van der Waals surface area contributed by atoms with E-state index in [2.05, 4.69) is 31.8 Å². The van der Waals surface area contributed by atoms with Crippen LogP contribution in [0.5, 0.6) is 0 Å². The predicted octanol–water partition coefficient (Wildman–Crippen LogP) is 4.40. The maximum absolute atomic E-state index is 12.7. The number of esters is 2. The molecule has 5 atom stereocenters. The number of carbonyl (C=O) groups excluding carboxylic acids is 2. The molecule has 1 N–H and O–H groups in total. The van der Waals surface area contributed by atoms with Gasteiger partial charge in [0.05, 0.1) is 24.2 Å². The van der Waals surface area contributed by atoms with E-state index in [1.165, 1.54) is 11.6 Å². The van der Waals surface area contributed by atoms with Gasteiger partial charge < -0.3 is 19.1 Å². The Labute approximate surface area is 208 Å². The maximum Gasteiger partial charge on any atom is 0.336 e. The largest absolute Gasteiger partial charge is 0.463 e. The van der Waals surface area contributed by atoms with Gasteiger partial charge in [-0.2, -0.15) is 0 Å². The first kappa shape index (κ1) is 26.7. The number of aromatic nitrogens is 2. The van der Waals surface area contributed by atoms with Gasteiger partial charge in [-0.1, -0.05) is 43.7 Å². The zero-order valence-corrected chi connectivity index (χ0v) is 21.4. The summed E-state index contributed by atoms with van der Waals surface area (Å²) in [6.45, 7) is 8.48. The van der Waals surface area contributed by atoms with Crippen LogP contribution < -0.4 is 0 Å². The summed E-state index contributed by atoms with van der Waals surface area (Å²) in [6.07, 6.45) is 14.6. The second-order valence-electron chi connectivity index (χ2n) is 9.82. The van der Waals surface area contributed by atoms with Crippen molar-refractivity contribution >= 4 is 18.0 Å². The molecule has 0 saturated heterocycles. The van der Waals surface area contributed by atoms with Crippen LogP contribution in [0.15, 0.2) is 54.1 Å². The summed E-state index contributed by atoms with van der Waals surface area (Å²) in [6, 6.07) is 0. The van der Waals surface area contributed by atoms with Crippen molar-refractivity contribution in [1.29, 1.82) is 0 Å². The normalized spacial score (nSPS) is 29.6. The molecule has 0 bridgehead atoms. The fourth-order valence-corrected chi connectivity index (χ4v) is 5.06. The number of aryl methyl sites for hydroxylation is 1. The summed E-state index contributed by atoms with van der Waals surface area (Å²) in [7, 11) is 1.87. The highest BCUT2D eigenvalue weighted by Crippen LogP contribution is 2.43. The third kappa shape index (κ3) is 7.04. The number of rotatable bonds is 6. The van der Waals surface area contributed by atoms with Crippen LogP contribution in [0.1, 0.15) is 52.7 Å². The van der Waals surface area contributed by atoms with Crippen molar-refractivity contribution in [3.63, 3.8) is 0 Å². The maximum atomic E-state index is 12.7. The smallest absolute Gasteiger partial charge is 0.336 e. The first-order valence-electron chi connectivity index (χ1n) is 12.5. The van der Waals surface area contributed by atoms with Crippen LogP contribution in [0.25, 0.3) is 6.08 Å². The molecule has 3 rings (SSSR count). The van der Waals surface area contributed by atoms with Crippen LogP contribution >= 0.6 is 0 Å². The number of aliphatic hydroxyl groups is 1. The van der Waals surface area contributed by atoms with E-state index in [0.717, 1.165) is 6.42 Å². The first-order valence-corrected chi connectivity index (χ1v) is 12.5. The Morgan fingerprint density at radius 3 is 2.74 bits per heavy atom. The summed E-state index contributed by atoms with van der Waals surface area (Å²) >= 11 is 0. The number of carbonyl (C=O) groups is 2. The van der Waals surface area contributed by atoms with Gasteiger partial charge in [0, 0.05) is 25.7 Å². The second kappa shape index (κ2) is 12.2. The van der Waals surface area contributed by atoms with Crippen LogP contribution in [-0.4, -0.2) is 45.4 Å². The molecule has 5 unspecified atom stereocenters. The average Bonchev–Trinajstić information content (AvgIpc) is 3.22. The number of hydrogen-bond acceptors (Lipinski definition) is 6. The number of fused-ring (bicyclic) bond motifs is 1. The lowest BCUT2D eigenvalue weighted by atomic mass is 9.65. The average molecular weight is 483 g/mol. The quantitative estimate of drug-likeness (QED) is 0.367. The lowest BCUT2D eigenvalue weighted by Crippen LogP contribution is -2.35. The van der Waals surface area contributed by atoms with Gasteiger partial charge in [-0.15, -0.1) is 0 Å². The Morgan fingerprint density at radius 1 is 1.31 bits per heavy atom. The van der Waals surface area contributed by atoms with Crippen molar-refractivity contribution in [2.45, 2.75) is 59.2 Å². The second-order valence-corrected chi connectivity index (χ2v) is 9.82. The van der Waals surface area contributed by atoms with Crippen molar-refractivity contribution in [3.05, 3.63) is 59.7 Å². The van der Waals surface area contributed by atoms with Crippen molar-refractivity contribution in [1.82, 2.24) is 9.55 Å². The minimum absolute atomic E-state index is 0.0193. The van der Waals surface area contributed by atoms with E-state index in [9.17, 15) is 14.7 Å². The van der Waals surface area contributed by atoms with E-state index in [-0.39, 0.29) is 30.1 Å². The monoisotopic (exact) mass is 482 g/mol. The Bertz CT molecular complexity index is 1020. The standard InChI is InChI=1S/C28H38N2O5/c1-6-34-28(33)25-15-24-22(18(2)3)12-10-19(4)23(24)14-21(8-7-9-26(25)31)35-27(32)13-11-20-16-30(5)17-29-20/h7,9-11,13,15-18,21-24,26,31H,6,8,12,14H2,1-5H3/b9-7-,13-11?,25-15-. The Balaban J connectivity index is 1.89. The minimum Gasteiger partial charge on any atom is -0.463 e. The number of nitrogens with zero attached hydrogens (tertiary/aromatic N) is 2. The summed E-state index contributed by atoms with van der Waals surface area (Å²) in [5.41, 5.74) is 2.18. The zero-order valence-electron chi connectivity index (χ0n) is 21.4. The number of imidazole rings is 1. The number of allylic oxidation sites excluding steroid dienone is 3. The molecule has 0 amide bonds. The fraction of sp³-hybridized carbons (Fsp3) is 0.536. The molecular formula is C28H38N2O5. The van der Waals surface area contributed by atoms with Crippen LogP contribution in [0.3, 0.4) is 0 Å². The van der Waals surface area contributed by atoms with Crippen LogP contribution in [0, 0.1) is 23.7 Å². The molecule has 35 heavy (non-hydrogen) atoms. The summed E-state index contributed by atoms with van der Waals surface area (Å²) in [4.78, 5) is 29.5. The molecule has 2 aliphatic rings. The molecule has 0 radical (unpaired) electrons. The molecule has 0 aromatic carbocycles. The molecule has 1 heterocycles. The van der Waals surface area contributed by atoms with Crippen molar-refractivity contribution in [3.8, 4) is 0 Å². The first-order chi connectivity index (χ1) is 16.7. The molecule has 7 nitrogen and oxygen atoms in total. The summed E-state index contributed by atoms with van der Waals surface area (Å²) in [5, 5.41) is 10.9. The molecular weight excluding hydrogens is 444 g/mol.